The van der Waals surface area contributed by atoms with E-state index in [0.29, 0.717) is 17.8 Å². The van der Waals surface area contributed by atoms with Crippen LogP contribution in [0.2, 0.25) is 0 Å². The first kappa shape index (κ1) is 12.6. The van der Waals surface area contributed by atoms with Crippen LogP contribution in [0, 0.1) is 13.8 Å². The van der Waals surface area contributed by atoms with Gasteiger partial charge < -0.3 is 11.1 Å². The van der Waals surface area contributed by atoms with E-state index < -0.39 is 0 Å². The van der Waals surface area contributed by atoms with E-state index in [1.807, 2.05) is 31.4 Å². The average Bonchev–Trinajstić information content (AvgIpc) is 2.76. The summed E-state index contributed by atoms with van der Waals surface area (Å²) in [4.78, 5) is 16.3. The average molecular weight is 261 g/mol. The summed E-state index contributed by atoms with van der Waals surface area (Å²) in [5, 5.41) is 5.68. The maximum Gasteiger partial charge on any atom is 0.253 e. The lowest BCUT2D eigenvalue weighted by Gasteiger charge is -2.08. The zero-order chi connectivity index (χ0) is 13.1. The number of hydrogen-bond donors (Lipinski definition) is 2. The van der Waals surface area contributed by atoms with Crippen molar-refractivity contribution in [3.63, 3.8) is 0 Å². The van der Waals surface area contributed by atoms with Crippen LogP contribution in [0.1, 0.15) is 26.6 Å². The van der Waals surface area contributed by atoms with Crippen LogP contribution in [0.3, 0.4) is 0 Å². The SMILES string of the molecule is Cc1csc(CNC(=O)c2cccc(C)c2N)n1. The largest absolute Gasteiger partial charge is 0.398 e. The number of nitrogens with one attached hydrogen (secondary N) is 1. The smallest absolute Gasteiger partial charge is 0.253 e. The van der Waals surface area contributed by atoms with Crippen LogP contribution in [0.15, 0.2) is 23.6 Å². The Hall–Kier alpha value is -1.88. The maximum absolute atomic E-state index is 12.0. The van der Waals surface area contributed by atoms with Crippen LogP contribution in [-0.4, -0.2) is 10.9 Å². The van der Waals surface area contributed by atoms with Gasteiger partial charge in [0.1, 0.15) is 5.01 Å². The molecule has 0 aliphatic carbocycles. The standard InChI is InChI=1S/C13H15N3OS/c1-8-4-3-5-10(12(8)14)13(17)15-6-11-16-9(2)7-18-11/h3-5,7H,6,14H2,1-2H3,(H,15,17). The van der Waals surface area contributed by atoms with E-state index in [1.165, 1.54) is 11.3 Å². The monoisotopic (exact) mass is 261 g/mol. The Balaban J connectivity index is 2.06. The Labute approximate surface area is 110 Å². The number of nitrogens with two attached hydrogens (primary N) is 1. The van der Waals surface area contributed by atoms with Gasteiger partial charge in [0.2, 0.25) is 0 Å². The highest BCUT2D eigenvalue weighted by Crippen LogP contribution is 2.16. The highest BCUT2D eigenvalue weighted by molar-refractivity contribution is 7.09. The van der Waals surface area contributed by atoms with Gasteiger partial charge >= 0.3 is 0 Å². The number of nitrogen functional groups attached to an aromatic ring is 1. The number of rotatable bonds is 3. The predicted molar refractivity (Wildman–Crippen MR) is 73.6 cm³/mol. The summed E-state index contributed by atoms with van der Waals surface area (Å²) >= 11 is 1.54. The second kappa shape index (κ2) is 5.18. The number of anilines is 1. The van der Waals surface area contributed by atoms with Crippen LogP contribution in [0.4, 0.5) is 5.69 Å². The number of nitrogens with zero attached hydrogens (tertiary/aromatic N) is 1. The molecular formula is C13H15N3OS. The van der Waals surface area contributed by atoms with E-state index in [9.17, 15) is 4.79 Å². The molecule has 0 saturated carbocycles. The highest BCUT2D eigenvalue weighted by atomic mass is 32.1. The molecule has 94 valence electrons. The Bertz CT molecular complexity index is 577. The molecule has 18 heavy (non-hydrogen) atoms. The molecule has 0 radical (unpaired) electrons. The van der Waals surface area contributed by atoms with Crippen molar-refractivity contribution < 1.29 is 4.79 Å². The Morgan fingerprint density at radius 2 is 2.22 bits per heavy atom. The van der Waals surface area contributed by atoms with E-state index in [-0.39, 0.29) is 5.91 Å². The summed E-state index contributed by atoms with van der Waals surface area (Å²) in [6, 6.07) is 5.44. The molecule has 5 heteroatoms. The second-order valence-corrected chi connectivity index (χ2v) is 5.04. The van der Waals surface area contributed by atoms with Crippen LogP contribution in [-0.2, 0) is 6.54 Å². The summed E-state index contributed by atoms with van der Waals surface area (Å²) < 4.78 is 0. The van der Waals surface area contributed by atoms with Crippen LogP contribution in [0.5, 0.6) is 0 Å². The molecule has 0 saturated heterocycles. The third-order valence-electron chi connectivity index (χ3n) is 2.64. The number of aromatic nitrogens is 1. The number of para-hydroxylation sites is 1. The van der Waals surface area contributed by atoms with Gasteiger partial charge in [-0.25, -0.2) is 4.98 Å². The Morgan fingerprint density at radius 3 is 2.89 bits per heavy atom. The molecule has 1 amide bonds. The van der Waals surface area contributed by atoms with E-state index >= 15 is 0 Å². The molecule has 1 aromatic carbocycles. The second-order valence-electron chi connectivity index (χ2n) is 4.10. The van der Waals surface area contributed by atoms with Gasteiger partial charge in [-0.05, 0) is 25.5 Å². The lowest BCUT2D eigenvalue weighted by atomic mass is 10.1. The van der Waals surface area contributed by atoms with E-state index in [1.54, 1.807) is 6.07 Å². The van der Waals surface area contributed by atoms with E-state index in [2.05, 4.69) is 10.3 Å². The summed E-state index contributed by atoms with van der Waals surface area (Å²) in [5.41, 5.74) is 8.81. The topological polar surface area (TPSA) is 68.0 Å². The molecule has 0 aliphatic rings. The first-order valence-corrected chi connectivity index (χ1v) is 6.50. The zero-order valence-corrected chi connectivity index (χ0v) is 11.2. The lowest BCUT2D eigenvalue weighted by Crippen LogP contribution is -2.24. The zero-order valence-electron chi connectivity index (χ0n) is 10.4. The van der Waals surface area contributed by atoms with Gasteiger partial charge in [0.05, 0.1) is 12.1 Å². The van der Waals surface area contributed by atoms with Gasteiger partial charge in [0.25, 0.3) is 5.91 Å². The molecule has 0 bridgehead atoms. The molecule has 3 N–H and O–H groups in total. The van der Waals surface area contributed by atoms with Gasteiger partial charge in [0, 0.05) is 16.8 Å². The molecule has 1 aromatic heterocycles. The van der Waals surface area contributed by atoms with Crippen LogP contribution in [0.25, 0.3) is 0 Å². The van der Waals surface area contributed by atoms with Crippen molar-refractivity contribution in [3.8, 4) is 0 Å². The predicted octanol–water partition coefficient (Wildman–Crippen LogP) is 2.27. The Kier molecular flexibility index (Phi) is 3.62. The van der Waals surface area contributed by atoms with Gasteiger partial charge in [0.15, 0.2) is 0 Å². The van der Waals surface area contributed by atoms with Crippen molar-refractivity contribution in [2.45, 2.75) is 20.4 Å². The van der Waals surface area contributed by atoms with E-state index in [0.717, 1.165) is 16.3 Å². The molecule has 0 unspecified atom stereocenters. The van der Waals surface area contributed by atoms with Crippen molar-refractivity contribution in [2.75, 3.05) is 5.73 Å². The fraction of sp³-hybridized carbons (Fsp3) is 0.231. The molecule has 0 spiro atoms. The number of thiazole rings is 1. The number of carbonyl (C=O) groups is 1. The van der Waals surface area contributed by atoms with Gasteiger partial charge in [-0.1, -0.05) is 12.1 Å². The van der Waals surface area contributed by atoms with Crippen LogP contribution < -0.4 is 11.1 Å². The van der Waals surface area contributed by atoms with E-state index in [4.69, 9.17) is 5.73 Å². The molecule has 2 aromatic rings. The first-order chi connectivity index (χ1) is 8.58. The summed E-state index contributed by atoms with van der Waals surface area (Å²) in [6.45, 7) is 4.25. The van der Waals surface area contributed by atoms with Gasteiger partial charge in [-0.15, -0.1) is 11.3 Å². The van der Waals surface area contributed by atoms with Gasteiger partial charge in [-0.3, -0.25) is 4.79 Å². The highest BCUT2D eigenvalue weighted by Gasteiger charge is 2.11. The minimum absolute atomic E-state index is 0.163. The molecule has 0 atom stereocenters. The molecule has 0 aliphatic heterocycles. The first-order valence-electron chi connectivity index (χ1n) is 5.62. The van der Waals surface area contributed by atoms with Crippen molar-refractivity contribution in [1.29, 1.82) is 0 Å². The van der Waals surface area contributed by atoms with Gasteiger partial charge in [-0.2, -0.15) is 0 Å². The third kappa shape index (κ3) is 2.68. The lowest BCUT2D eigenvalue weighted by molar-refractivity contribution is 0.0951. The quantitative estimate of drug-likeness (QED) is 0.833. The molecule has 2 rings (SSSR count). The maximum atomic E-state index is 12.0. The molecular weight excluding hydrogens is 246 g/mol. The summed E-state index contributed by atoms with van der Waals surface area (Å²) in [6.07, 6.45) is 0. The van der Waals surface area contributed by atoms with Crippen molar-refractivity contribution in [1.82, 2.24) is 10.3 Å². The number of hydrogen-bond acceptors (Lipinski definition) is 4. The summed E-state index contributed by atoms with van der Waals surface area (Å²) in [7, 11) is 0. The minimum Gasteiger partial charge on any atom is -0.398 e. The number of amides is 1. The fourth-order valence-electron chi connectivity index (χ4n) is 1.61. The van der Waals surface area contributed by atoms with Crippen molar-refractivity contribution in [2.24, 2.45) is 0 Å². The number of benzene rings is 1. The summed E-state index contributed by atoms with van der Waals surface area (Å²) in [5.74, 6) is -0.163. The normalized spacial score (nSPS) is 10.3. The number of carbonyl (C=O) groups excluding carboxylic acids is 1. The van der Waals surface area contributed by atoms with Crippen molar-refractivity contribution >= 4 is 22.9 Å². The van der Waals surface area contributed by atoms with Crippen LogP contribution >= 0.6 is 11.3 Å². The molecule has 1 heterocycles. The number of aryl methyl sites for hydroxylation is 2. The Morgan fingerprint density at radius 1 is 1.44 bits per heavy atom. The third-order valence-corrected chi connectivity index (χ3v) is 3.60. The minimum atomic E-state index is -0.163. The molecule has 4 nitrogen and oxygen atoms in total. The molecule has 0 fully saturated rings. The van der Waals surface area contributed by atoms with Crippen molar-refractivity contribution in [3.05, 3.63) is 45.4 Å². The fourth-order valence-corrected chi connectivity index (χ4v) is 2.33.